The van der Waals surface area contributed by atoms with Crippen LogP contribution < -0.4 is 10.2 Å². The molecule has 0 aliphatic carbocycles. The van der Waals surface area contributed by atoms with E-state index in [4.69, 9.17) is 9.47 Å². The van der Waals surface area contributed by atoms with E-state index in [9.17, 15) is 9.59 Å². The number of benzene rings is 1. The maximum Gasteiger partial charge on any atom is 0.409 e. The molecule has 1 aromatic rings. The molecule has 27 heavy (non-hydrogen) atoms. The molecule has 0 radical (unpaired) electrons. The van der Waals surface area contributed by atoms with E-state index >= 15 is 0 Å². The molecule has 3 rings (SSSR count). The molecule has 0 saturated carbocycles. The van der Waals surface area contributed by atoms with E-state index in [0.29, 0.717) is 39.3 Å². The van der Waals surface area contributed by atoms with Crippen LogP contribution in [0.4, 0.5) is 16.2 Å². The Hall–Kier alpha value is -2.32. The Kier molecular flexibility index (Phi) is 6.89. The molecule has 2 aliphatic heterocycles. The normalized spacial score (nSPS) is 18.3. The molecule has 1 N–H and O–H groups in total. The number of carbonyl (C=O) groups is 2. The molecule has 8 nitrogen and oxygen atoms in total. The van der Waals surface area contributed by atoms with Crippen molar-refractivity contribution in [2.24, 2.45) is 0 Å². The summed E-state index contributed by atoms with van der Waals surface area (Å²) >= 11 is 0. The zero-order valence-corrected chi connectivity index (χ0v) is 15.9. The fourth-order valence-corrected chi connectivity index (χ4v) is 3.28. The zero-order valence-electron chi connectivity index (χ0n) is 15.9. The summed E-state index contributed by atoms with van der Waals surface area (Å²) in [5, 5.41) is 2.94. The summed E-state index contributed by atoms with van der Waals surface area (Å²) in [4.78, 5) is 30.0. The smallest absolute Gasteiger partial charge is 0.409 e. The van der Waals surface area contributed by atoms with Crippen molar-refractivity contribution < 1.29 is 19.1 Å². The second-order valence-electron chi connectivity index (χ2n) is 6.66. The molecule has 2 aliphatic rings. The van der Waals surface area contributed by atoms with E-state index in [1.165, 1.54) is 0 Å². The number of morpholine rings is 1. The monoisotopic (exact) mass is 376 g/mol. The highest BCUT2D eigenvalue weighted by Crippen LogP contribution is 2.19. The van der Waals surface area contributed by atoms with Crippen molar-refractivity contribution in [3.63, 3.8) is 0 Å². The Morgan fingerprint density at radius 1 is 1.04 bits per heavy atom. The van der Waals surface area contributed by atoms with Crippen LogP contribution in [0.2, 0.25) is 0 Å². The van der Waals surface area contributed by atoms with E-state index < -0.39 is 0 Å². The third kappa shape index (κ3) is 5.58. The second kappa shape index (κ2) is 9.57. The van der Waals surface area contributed by atoms with Gasteiger partial charge in [-0.3, -0.25) is 9.69 Å². The second-order valence-corrected chi connectivity index (χ2v) is 6.66. The third-order valence-electron chi connectivity index (χ3n) is 4.79. The van der Waals surface area contributed by atoms with Gasteiger partial charge in [0.25, 0.3) is 0 Å². The Labute approximate surface area is 160 Å². The van der Waals surface area contributed by atoms with E-state index in [1.54, 1.807) is 11.8 Å². The first-order valence-corrected chi connectivity index (χ1v) is 9.52. The van der Waals surface area contributed by atoms with Crippen LogP contribution in [-0.4, -0.2) is 87.4 Å². The maximum absolute atomic E-state index is 12.3. The van der Waals surface area contributed by atoms with Crippen molar-refractivity contribution in [2.45, 2.75) is 6.92 Å². The van der Waals surface area contributed by atoms with Crippen LogP contribution in [0.5, 0.6) is 0 Å². The van der Waals surface area contributed by atoms with Crippen LogP contribution in [-0.2, 0) is 14.3 Å². The predicted octanol–water partition coefficient (Wildman–Crippen LogP) is 1.24. The molecular formula is C19H28N4O4. The van der Waals surface area contributed by atoms with Gasteiger partial charge in [-0.2, -0.15) is 0 Å². The highest BCUT2D eigenvalue weighted by molar-refractivity contribution is 5.92. The van der Waals surface area contributed by atoms with E-state index in [1.807, 2.05) is 29.2 Å². The van der Waals surface area contributed by atoms with Crippen LogP contribution in [0.15, 0.2) is 24.3 Å². The standard InChI is InChI=1S/C19H28N4O4/c1-2-27-19(25)23-9-7-21(8-10-23)15-18(24)20-16-3-5-17(6-4-16)22-11-13-26-14-12-22/h3-6H,2,7-15H2,1H3,(H,20,24). The summed E-state index contributed by atoms with van der Waals surface area (Å²) in [6.45, 7) is 8.29. The molecular weight excluding hydrogens is 348 g/mol. The quantitative estimate of drug-likeness (QED) is 0.833. The number of amides is 2. The largest absolute Gasteiger partial charge is 0.450 e. The first-order valence-electron chi connectivity index (χ1n) is 9.52. The predicted molar refractivity (Wildman–Crippen MR) is 103 cm³/mol. The fourth-order valence-electron chi connectivity index (χ4n) is 3.28. The minimum absolute atomic E-state index is 0.0429. The lowest BCUT2D eigenvalue weighted by atomic mass is 10.2. The fraction of sp³-hybridized carbons (Fsp3) is 0.579. The van der Waals surface area contributed by atoms with Gasteiger partial charge in [0.05, 0.1) is 26.4 Å². The number of hydrogen-bond donors (Lipinski definition) is 1. The Morgan fingerprint density at radius 2 is 1.70 bits per heavy atom. The highest BCUT2D eigenvalue weighted by Gasteiger charge is 2.23. The number of nitrogens with one attached hydrogen (secondary N) is 1. The van der Waals surface area contributed by atoms with E-state index in [-0.39, 0.29) is 12.0 Å². The molecule has 2 heterocycles. The number of anilines is 2. The Bertz CT molecular complexity index is 623. The van der Waals surface area contributed by atoms with E-state index in [2.05, 4.69) is 10.2 Å². The number of piperazine rings is 1. The minimum atomic E-state index is -0.276. The average Bonchev–Trinajstić information content (AvgIpc) is 2.70. The Morgan fingerprint density at radius 3 is 2.33 bits per heavy atom. The molecule has 2 saturated heterocycles. The van der Waals surface area contributed by atoms with Crippen LogP contribution in [0.25, 0.3) is 0 Å². The first kappa shape index (κ1) is 19.4. The van der Waals surface area contributed by atoms with Crippen molar-refractivity contribution in [3.8, 4) is 0 Å². The minimum Gasteiger partial charge on any atom is -0.450 e. The lowest BCUT2D eigenvalue weighted by Gasteiger charge is -2.33. The van der Waals surface area contributed by atoms with Crippen molar-refractivity contribution in [1.82, 2.24) is 9.80 Å². The maximum atomic E-state index is 12.3. The molecule has 1 aromatic carbocycles. The number of carbonyl (C=O) groups excluding carboxylic acids is 2. The van der Waals surface area contributed by atoms with Gasteiger partial charge in [-0.25, -0.2) is 4.79 Å². The van der Waals surface area contributed by atoms with Crippen molar-refractivity contribution >= 4 is 23.4 Å². The zero-order chi connectivity index (χ0) is 19.1. The molecule has 0 aromatic heterocycles. The van der Waals surface area contributed by atoms with E-state index in [0.717, 1.165) is 37.7 Å². The van der Waals surface area contributed by atoms with Gasteiger partial charge in [0.15, 0.2) is 0 Å². The van der Waals surface area contributed by atoms with Crippen molar-refractivity contribution in [2.75, 3.05) is 75.9 Å². The number of rotatable bonds is 5. The SMILES string of the molecule is CCOC(=O)N1CCN(CC(=O)Nc2ccc(N3CCOCC3)cc2)CC1. The van der Waals surface area contributed by atoms with Crippen molar-refractivity contribution in [3.05, 3.63) is 24.3 Å². The summed E-state index contributed by atoms with van der Waals surface area (Å²) in [6, 6.07) is 7.92. The van der Waals surface area contributed by atoms with Gasteiger partial charge in [-0.1, -0.05) is 0 Å². The molecule has 0 spiro atoms. The molecule has 8 heteroatoms. The summed E-state index contributed by atoms with van der Waals surface area (Å²) in [5.41, 5.74) is 1.94. The number of ether oxygens (including phenoxy) is 2. The van der Waals surface area contributed by atoms with Crippen molar-refractivity contribution in [1.29, 1.82) is 0 Å². The van der Waals surface area contributed by atoms with Gasteiger partial charge in [-0.15, -0.1) is 0 Å². The van der Waals surface area contributed by atoms with Crippen LogP contribution >= 0.6 is 0 Å². The summed E-state index contributed by atoms with van der Waals surface area (Å²) in [7, 11) is 0. The van der Waals surface area contributed by atoms with Gasteiger partial charge >= 0.3 is 6.09 Å². The molecule has 0 atom stereocenters. The van der Waals surface area contributed by atoms with Gasteiger partial charge in [-0.05, 0) is 31.2 Å². The number of hydrogen-bond acceptors (Lipinski definition) is 6. The first-order chi connectivity index (χ1) is 13.2. The summed E-state index contributed by atoms with van der Waals surface area (Å²) < 4.78 is 10.4. The highest BCUT2D eigenvalue weighted by atomic mass is 16.6. The van der Waals surface area contributed by atoms with Gasteiger partial charge < -0.3 is 24.6 Å². The average molecular weight is 376 g/mol. The lowest BCUT2D eigenvalue weighted by Crippen LogP contribution is -2.50. The van der Waals surface area contributed by atoms with Crippen LogP contribution in [0, 0.1) is 0 Å². The topological polar surface area (TPSA) is 74.4 Å². The molecule has 2 amide bonds. The van der Waals surface area contributed by atoms with Gasteiger partial charge in [0.1, 0.15) is 0 Å². The lowest BCUT2D eigenvalue weighted by molar-refractivity contribution is -0.117. The van der Waals surface area contributed by atoms with Crippen LogP contribution in [0.3, 0.4) is 0 Å². The third-order valence-corrected chi connectivity index (χ3v) is 4.79. The van der Waals surface area contributed by atoms with Crippen LogP contribution in [0.1, 0.15) is 6.92 Å². The Balaban J connectivity index is 1.42. The van der Waals surface area contributed by atoms with Gasteiger partial charge in [0.2, 0.25) is 5.91 Å². The molecule has 0 bridgehead atoms. The summed E-state index contributed by atoms with van der Waals surface area (Å²) in [5.74, 6) is -0.0429. The number of nitrogens with zero attached hydrogens (tertiary/aromatic N) is 3. The van der Waals surface area contributed by atoms with Gasteiger partial charge in [0, 0.05) is 50.6 Å². The molecule has 0 unspecified atom stereocenters. The molecule has 2 fully saturated rings. The summed E-state index contributed by atoms with van der Waals surface area (Å²) in [6.07, 6.45) is -0.276. The molecule has 148 valence electrons.